The predicted molar refractivity (Wildman–Crippen MR) is 165 cm³/mol. The second-order valence-electron chi connectivity index (χ2n) is 10.8. The zero-order chi connectivity index (χ0) is 30.0. The molecule has 11 nitrogen and oxygen atoms in total. The second kappa shape index (κ2) is 11.8. The zero-order valence-electron chi connectivity index (χ0n) is 24.1. The molecule has 222 valence electrons. The van der Waals surface area contributed by atoms with E-state index in [9.17, 15) is 9.18 Å². The summed E-state index contributed by atoms with van der Waals surface area (Å²) in [5.41, 5.74) is 5.76. The number of hydrogen-bond acceptors (Lipinski definition) is 8. The van der Waals surface area contributed by atoms with Crippen molar-refractivity contribution in [3.63, 3.8) is 0 Å². The number of anilines is 1. The van der Waals surface area contributed by atoms with Crippen molar-refractivity contribution < 1.29 is 13.9 Å². The van der Waals surface area contributed by atoms with Gasteiger partial charge in [0.25, 0.3) is 0 Å². The van der Waals surface area contributed by atoms with Crippen LogP contribution in [-0.4, -0.2) is 72.2 Å². The summed E-state index contributed by atoms with van der Waals surface area (Å²) < 4.78 is 20.7. The van der Waals surface area contributed by atoms with Crippen LogP contribution in [0.15, 0.2) is 61.2 Å². The van der Waals surface area contributed by atoms with E-state index < -0.39 is 5.82 Å². The third-order valence-electron chi connectivity index (χ3n) is 7.73. The van der Waals surface area contributed by atoms with E-state index in [0.29, 0.717) is 58.5 Å². The van der Waals surface area contributed by atoms with Gasteiger partial charge in [0, 0.05) is 47.9 Å². The van der Waals surface area contributed by atoms with Crippen molar-refractivity contribution in [2.75, 3.05) is 31.6 Å². The maximum Gasteiger partial charge on any atom is 0.224 e. The molecule has 0 bridgehead atoms. The van der Waals surface area contributed by atoms with Gasteiger partial charge >= 0.3 is 0 Å². The molecule has 0 unspecified atom stereocenters. The summed E-state index contributed by atoms with van der Waals surface area (Å²) in [6.07, 6.45) is 9.45. The van der Waals surface area contributed by atoms with E-state index in [1.165, 1.54) is 25.0 Å². The summed E-state index contributed by atoms with van der Waals surface area (Å²) in [5, 5.41) is 11.2. The predicted octanol–water partition coefficient (Wildman–Crippen LogP) is 5.59. The topological polar surface area (TPSA) is 138 Å². The molecule has 1 fully saturated rings. The van der Waals surface area contributed by atoms with Crippen LogP contribution in [0.5, 0.6) is 5.75 Å². The van der Waals surface area contributed by atoms with E-state index in [2.05, 4.69) is 40.3 Å². The lowest BCUT2D eigenvalue weighted by Crippen LogP contribution is -2.25. The Labute approximate surface area is 251 Å². The maximum absolute atomic E-state index is 14.7. The van der Waals surface area contributed by atoms with Crippen LogP contribution in [0, 0.1) is 5.82 Å². The highest BCUT2D eigenvalue weighted by molar-refractivity contribution is 5.97. The normalized spacial score (nSPS) is 13.6. The van der Waals surface area contributed by atoms with Gasteiger partial charge in [0.15, 0.2) is 5.82 Å². The van der Waals surface area contributed by atoms with Crippen LogP contribution >= 0.6 is 0 Å². The monoisotopic (exact) mass is 591 g/mol. The first-order valence-electron chi connectivity index (χ1n) is 14.6. The summed E-state index contributed by atoms with van der Waals surface area (Å²) >= 11 is 0. The maximum atomic E-state index is 14.7. The molecule has 1 aliphatic heterocycles. The van der Waals surface area contributed by atoms with Gasteiger partial charge in [-0.15, -0.1) is 0 Å². The van der Waals surface area contributed by atoms with Crippen molar-refractivity contribution in [1.82, 2.24) is 40.0 Å². The summed E-state index contributed by atoms with van der Waals surface area (Å²) in [6, 6.07) is 10.2. The van der Waals surface area contributed by atoms with Gasteiger partial charge in [-0.2, -0.15) is 5.10 Å². The Morgan fingerprint density at radius 2 is 1.91 bits per heavy atom. The van der Waals surface area contributed by atoms with Gasteiger partial charge in [0.2, 0.25) is 5.91 Å². The number of carbonyl (C=O) groups is 1. The van der Waals surface area contributed by atoms with Crippen LogP contribution in [0.2, 0.25) is 0 Å². The van der Waals surface area contributed by atoms with Gasteiger partial charge in [-0.25, -0.2) is 9.37 Å². The molecule has 0 radical (unpaired) electrons. The minimum atomic E-state index is -0.403. The van der Waals surface area contributed by atoms with Crippen LogP contribution < -0.4 is 10.1 Å². The highest BCUT2D eigenvalue weighted by atomic mass is 19.1. The van der Waals surface area contributed by atoms with Crippen LogP contribution in [-0.2, 0) is 4.79 Å². The number of imidazole rings is 1. The average Bonchev–Trinajstić information content (AvgIpc) is 3.80. The second-order valence-corrected chi connectivity index (χ2v) is 10.8. The van der Waals surface area contributed by atoms with Gasteiger partial charge in [0.1, 0.15) is 29.4 Å². The first-order chi connectivity index (χ1) is 21.5. The molecule has 6 heterocycles. The van der Waals surface area contributed by atoms with E-state index in [4.69, 9.17) is 9.72 Å². The number of hydrogen-bond donors (Lipinski definition) is 3. The first kappa shape index (κ1) is 27.6. The Hall–Kier alpha value is -5.23. The van der Waals surface area contributed by atoms with Crippen molar-refractivity contribution >= 4 is 33.5 Å². The molecule has 1 amide bonds. The standard InChI is InChI=1S/C32H30FN9O2/c1-2-28(43)37-22-12-20(16-34-17-22)26-15-24-27(18-36-26)40-41-30(24)32-38-25-5-6-35-29(31(25)39-32)19-11-21(33)14-23(13-19)44-10-9-42-7-3-4-8-42/h5-6,11-18H,2-4,7-10H2,1H3,(H,37,43)(H,38,39)(H,40,41). The number of aromatic amines is 2. The van der Waals surface area contributed by atoms with E-state index in [1.54, 1.807) is 37.8 Å². The summed E-state index contributed by atoms with van der Waals surface area (Å²) in [6.45, 7) is 5.26. The van der Waals surface area contributed by atoms with E-state index in [-0.39, 0.29) is 5.91 Å². The van der Waals surface area contributed by atoms with Crippen LogP contribution in [0.1, 0.15) is 26.2 Å². The number of carbonyl (C=O) groups excluding carboxylic acids is 1. The Morgan fingerprint density at radius 1 is 1.02 bits per heavy atom. The molecule has 0 aliphatic carbocycles. The largest absolute Gasteiger partial charge is 0.492 e. The van der Waals surface area contributed by atoms with Crippen LogP contribution in [0.3, 0.4) is 0 Å². The van der Waals surface area contributed by atoms with Gasteiger partial charge in [-0.05, 0) is 56.3 Å². The highest BCUT2D eigenvalue weighted by Gasteiger charge is 2.18. The molecule has 0 spiro atoms. The molecule has 44 heavy (non-hydrogen) atoms. The summed E-state index contributed by atoms with van der Waals surface area (Å²) in [5.74, 6) is 0.486. The third-order valence-corrected chi connectivity index (χ3v) is 7.73. The molecule has 5 aromatic heterocycles. The lowest BCUT2D eigenvalue weighted by Gasteiger charge is -2.15. The van der Waals surface area contributed by atoms with E-state index >= 15 is 0 Å². The molecule has 6 aromatic rings. The number of benzene rings is 1. The molecule has 3 N–H and O–H groups in total. The highest BCUT2D eigenvalue weighted by Crippen LogP contribution is 2.33. The molecular formula is C32H30FN9O2. The number of fused-ring (bicyclic) bond motifs is 2. The fourth-order valence-corrected chi connectivity index (χ4v) is 5.49. The van der Waals surface area contributed by atoms with Crippen LogP contribution in [0.4, 0.5) is 10.1 Å². The number of H-pyrrole nitrogens is 2. The number of nitrogens with one attached hydrogen (secondary N) is 3. The number of amides is 1. The lowest BCUT2D eigenvalue weighted by atomic mass is 10.1. The van der Waals surface area contributed by atoms with Gasteiger partial charge in [-0.1, -0.05) is 6.92 Å². The molecule has 0 saturated carbocycles. The molecule has 1 saturated heterocycles. The Morgan fingerprint density at radius 3 is 2.77 bits per heavy atom. The fourth-order valence-electron chi connectivity index (χ4n) is 5.49. The average molecular weight is 592 g/mol. The number of pyridine rings is 3. The molecule has 1 aromatic carbocycles. The quantitative estimate of drug-likeness (QED) is 0.198. The molecule has 7 rings (SSSR count). The Kier molecular flexibility index (Phi) is 7.40. The summed E-state index contributed by atoms with van der Waals surface area (Å²) in [4.78, 5) is 35.8. The molecule has 0 atom stereocenters. The number of halogens is 1. The van der Waals surface area contributed by atoms with Crippen LogP contribution in [0.25, 0.3) is 56.0 Å². The number of rotatable bonds is 9. The number of ether oxygens (including phenoxy) is 1. The van der Waals surface area contributed by atoms with Crippen molar-refractivity contribution in [1.29, 1.82) is 0 Å². The minimum absolute atomic E-state index is 0.0947. The minimum Gasteiger partial charge on any atom is -0.492 e. The van der Waals surface area contributed by atoms with Crippen molar-refractivity contribution in [2.24, 2.45) is 0 Å². The van der Waals surface area contributed by atoms with Gasteiger partial charge < -0.3 is 15.0 Å². The fraction of sp³-hybridized carbons (Fsp3) is 0.250. The van der Waals surface area contributed by atoms with E-state index in [0.717, 1.165) is 41.6 Å². The smallest absolute Gasteiger partial charge is 0.224 e. The molecule has 1 aliphatic rings. The molecular weight excluding hydrogens is 561 g/mol. The number of nitrogens with zero attached hydrogens (tertiary/aromatic N) is 6. The summed E-state index contributed by atoms with van der Waals surface area (Å²) in [7, 11) is 0. The molecule has 12 heteroatoms. The number of likely N-dealkylation sites (tertiary alicyclic amines) is 1. The van der Waals surface area contributed by atoms with Crippen molar-refractivity contribution in [3.05, 3.63) is 67.0 Å². The van der Waals surface area contributed by atoms with Gasteiger partial charge in [0.05, 0.1) is 40.5 Å². The lowest BCUT2D eigenvalue weighted by molar-refractivity contribution is -0.115. The van der Waals surface area contributed by atoms with Crippen molar-refractivity contribution in [3.8, 4) is 39.8 Å². The third kappa shape index (κ3) is 5.59. The first-order valence-corrected chi connectivity index (χ1v) is 14.6. The Bertz CT molecular complexity index is 1980. The SMILES string of the molecule is CCC(=O)Nc1cncc(-c2cc3c(-c4nc5c(-c6cc(F)cc(OCCN7CCCC7)c6)nccc5[nH]4)n[nH]c3cn2)c1. The Balaban J connectivity index is 1.20. The van der Waals surface area contributed by atoms with Crippen molar-refractivity contribution in [2.45, 2.75) is 26.2 Å². The zero-order valence-corrected chi connectivity index (χ0v) is 24.1. The van der Waals surface area contributed by atoms with E-state index in [1.807, 2.05) is 18.2 Å². The number of aromatic nitrogens is 7. The van der Waals surface area contributed by atoms with Gasteiger partial charge in [-0.3, -0.25) is 29.7 Å².